The first-order valence-electron chi connectivity index (χ1n) is 10.4. The number of carboxylic acid groups (broad SMARTS) is 1. The fourth-order valence-electron chi connectivity index (χ4n) is 4.52. The van der Waals surface area contributed by atoms with Crippen LogP contribution < -0.4 is 5.32 Å². The maximum Gasteiger partial charge on any atom is 0.326 e. The van der Waals surface area contributed by atoms with Gasteiger partial charge in [-0.3, -0.25) is 4.79 Å². The maximum atomic E-state index is 13.4. The van der Waals surface area contributed by atoms with E-state index in [9.17, 15) is 19.8 Å². The molecule has 3 N–H and O–H groups in total. The number of rotatable bonds is 5. The summed E-state index contributed by atoms with van der Waals surface area (Å²) in [4.78, 5) is 25.4. The number of carboxylic acids is 1. The van der Waals surface area contributed by atoms with Gasteiger partial charge in [0.15, 0.2) is 5.60 Å². The zero-order chi connectivity index (χ0) is 22.3. The molecule has 5 rings (SSSR count). The summed E-state index contributed by atoms with van der Waals surface area (Å²) in [5.41, 5.74) is 1.27. The van der Waals surface area contributed by atoms with E-state index in [4.69, 9.17) is 0 Å². The van der Waals surface area contributed by atoms with Crippen molar-refractivity contribution in [1.82, 2.24) is 5.32 Å². The normalized spacial score (nSPS) is 14.4. The molecule has 0 spiro atoms. The van der Waals surface area contributed by atoms with Gasteiger partial charge in [-0.1, -0.05) is 91.0 Å². The number of amides is 1. The summed E-state index contributed by atoms with van der Waals surface area (Å²) >= 11 is 0. The average Bonchev–Trinajstić information content (AvgIpc) is 3.08. The van der Waals surface area contributed by atoms with E-state index in [1.54, 1.807) is 24.3 Å². The molecule has 5 heteroatoms. The summed E-state index contributed by atoms with van der Waals surface area (Å²) in [5.74, 6) is -1.90. The molecule has 0 radical (unpaired) electrons. The predicted octanol–water partition coefficient (Wildman–Crippen LogP) is 3.87. The molecular formula is C27H21NO4. The summed E-state index contributed by atoms with van der Waals surface area (Å²) in [6.07, 6.45) is 0.102. The van der Waals surface area contributed by atoms with Crippen molar-refractivity contribution in [3.05, 3.63) is 108 Å². The number of aliphatic carboxylic acids is 1. The Morgan fingerprint density at radius 3 is 1.97 bits per heavy atom. The monoisotopic (exact) mass is 423 g/mol. The third-order valence-corrected chi connectivity index (χ3v) is 6.11. The van der Waals surface area contributed by atoms with Crippen LogP contribution in [0.1, 0.15) is 16.7 Å². The molecule has 32 heavy (non-hydrogen) atoms. The molecular weight excluding hydrogens is 402 g/mol. The van der Waals surface area contributed by atoms with Crippen molar-refractivity contribution in [2.45, 2.75) is 18.1 Å². The van der Waals surface area contributed by atoms with Crippen LogP contribution in [0.5, 0.6) is 0 Å². The molecule has 4 aromatic carbocycles. The predicted molar refractivity (Wildman–Crippen MR) is 122 cm³/mol. The molecule has 0 unspecified atom stereocenters. The van der Waals surface area contributed by atoms with Crippen LogP contribution >= 0.6 is 0 Å². The number of hydrogen-bond acceptors (Lipinski definition) is 3. The van der Waals surface area contributed by atoms with Crippen LogP contribution in [0.4, 0.5) is 0 Å². The van der Waals surface area contributed by atoms with Crippen molar-refractivity contribution in [2.24, 2.45) is 0 Å². The maximum absolute atomic E-state index is 13.4. The van der Waals surface area contributed by atoms with Crippen LogP contribution in [0.15, 0.2) is 91.0 Å². The zero-order valence-electron chi connectivity index (χ0n) is 17.2. The molecule has 0 saturated carbocycles. The van der Waals surface area contributed by atoms with E-state index < -0.39 is 23.5 Å². The Bertz CT molecular complexity index is 1320. The lowest BCUT2D eigenvalue weighted by Crippen LogP contribution is -2.51. The second kappa shape index (κ2) is 7.62. The van der Waals surface area contributed by atoms with Gasteiger partial charge in [-0.2, -0.15) is 0 Å². The van der Waals surface area contributed by atoms with Crippen LogP contribution in [0.2, 0.25) is 0 Å². The molecule has 0 heterocycles. The van der Waals surface area contributed by atoms with E-state index in [2.05, 4.69) is 5.32 Å². The van der Waals surface area contributed by atoms with Crippen LogP contribution in [-0.4, -0.2) is 28.1 Å². The fraction of sp³-hybridized carbons (Fsp3) is 0.111. The lowest BCUT2D eigenvalue weighted by molar-refractivity contribution is -0.145. The molecule has 158 valence electrons. The number of fused-ring (bicyclic) bond motifs is 4. The minimum Gasteiger partial charge on any atom is -0.480 e. The highest BCUT2D eigenvalue weighted by molar-refractivity contribution is 6.00. The van der Waals surface area contributed by atoms with Crippen LogP contribution in [-0.2, 0) is 21.6 Å². The van der Waals surface area contributed by atoms with E-state index in [-0.39, 0.29) is 6.42 Å². The molecule has 0 saturated heterocycles. The van der Waals surface area contributed by atoms with E-state index in [1.165, 1.54) is 0 Å². The number of aliphatic hydroxyl groups is 1. The first-order chi connectivity index (χ1) is 15.5. The van der Waals surface area contributed by atoms with Gasteiger partial charge in [0.05, 0.1) is 0 Å². The summed E-state index contributed by atoms with van der Waals surface area (Å²) < 4.78 is 0. The third kappa shape index (κ3) is 3.15. The van der Waals surface area contributed by atoms with Crippen molar-refractivity contribution in [3.63, 3.8) is 0 Å². The number of nitrogens with one attached hydrogen (secondary N) is 1. The highest BCUT2D eigenvalue weighted by atomic mass is 16.4. The number of hydrogen-bond donors (Lipinski definition) is 3. The number of carbonyl (C=O) groups is 2. The smallest absolute Gasteiger partial charge is 0.326 e. The standard InChI is InChI=1S/C27H21NO4/c29-25(30)24(16-17-13-14-18-7-1-2-8-19(18)15-17)28-26(31)27(32)22-11-5-3-9-20(22)21-10-4-6-12-23(21)27/h1-15,24,32H,16H2,(H,28,31)(H,29,30)/t24-/m1/s1. The Balaban J connectivity index is 1.47. The lowest BCUT2D eigenvalue weighted by atomic mass is 9.90. The van der Waals surface area contributed by atoms with Gasteiger partial charge in [0.25, 0.3) is 5.91 Å². The largest absolute Gasteiger partial charge is 0.480 e. The van der Waals surface area contributed by atoms with Crippen LogP contribution in [0.25, 0.3) is 21.9 Å². The van der Waals surface area contributed by atoms with Crippen molar-refractivity contribution in [2.75, 3.05) is 0 Å². The summed E-state index contributed by atoms with van der Waals surface area (Å²) in [5, 5.41) is 26.1. The summed E-state index contributed by atoms with van der Waals surface area (Å²) in [7, 11) is 0. The van der Waals surface area contributed by atoms with Crippen molar-refractivity contribution in [1.29, 1.82) is 0 Å². The van der Waals surface area contributed by atoms with Gasteiger partial charge in [0, 0.05) is 17.5 Å². The second-order valence-corrected chi connectivity index (χ2v) is 8.05. The van der Waals surface area contributed by atoms with Gasteiger partial charge in [-0.15, -0.1) is 0 Å². The Kier molecular flexibility index (Phi) is 4.76. The number of carbonyl (C=O) groups excluding carboxylic acids is 1. The second-order valence-electron chi connectivity index (χ2n) is 8.05. The van der Waals surface area contributed by atoms with Gasteiger partial charge < -0.3 is 15.5 Å². The van der Waals surface area contributed by atoms with E-state index >= 15 is 0 Å². The van der Waals surface area contributed by atoms with Gasteiger partial charge in [0.1, 0.15) is 6.04 Å². The van der Waals surface area contributed by atoms with E-state index in [0.717, 1.165) is 27.5 Å². The van der Waals surface area contributed by atoms with Gasteiger partial charge >= 0.3 is 5.97 Å². The Morgan fingerprint density at radius 1 is 0.781 bits per heavy atom. The molecule has 1 aliphatic carbocycles. The van der Waals surface area contributed by atoms with E-state index in [0.29, 0.717) is 11.1 Å². The van der Waals surface area contributed by atoms with Crippen LogP contribution in [0.3, 0.4) is 0 Å². The minimum atomic E-state index is -1.95. The minimum absolute atomic E-state index is 0.102. The molecule has 0 aliphatic heterocycles. The molecule has 1 atom stereocenters. The molecule has 4 aromatic rings. The van der Waals surface area contributed by atoms with Gasteiger partial charge in [0.2, 0.25) is 0 Å². The van der Waals surface area contributed by atoms with Crippen LogP contribution in [0, 0.1) is 0 Å². The fourth-order valence-corrected chi connectivity index (χ4v) is 4.52. The SMILES string of the molecule is O=C(O)[C@@H](Cc1ccc2ccccc2c1)NC(=O)C1(O)c2ccccc2-c2ccccc21. The van der Waals surface area contributed by atoms with Gasteiger partial charge in [-0.05, 0) is 27.5 Å². The highest BCUT2D eigenvalue weighted by Gasteiger charge is 2.48. The highest BCUT2D eigenvalue weighted by Crippen LogP contribution is 2.47. The first-order valence-corrected chi connectivity index (χ1v) is 10.4. The molecule has 0 aromatic heterocycles. The molecule has 1 amide bonds. The summed E-state index contributed by atoms with van der Waals surface area (Å²) in [6, 6.07) is 26.7. The van der Waals surface area contributed by atoms with Crippen molar-refractivity contribution in [3.8, 4) is 11.1 Å². The topological polar surface area (TPSA) is 86.6 Å². The number of benzene rings is 4. The Morgan fingerprint density at radius 2 is 1.34 bits per heavy atom. The zero-order valence-corrected chi connectivity index (χ0v) is 17.2. The quantitative estimate of drug-likeness (QED) is 0.455. The Hall–Kier alpha value is -3.96. The summed E-state index contributed by atoms with van der Waals surface area (Å²) in [6.45, 7) is 0. The first kappa shape index (κ1) is 20.0. The molecule has 1 aliphatic rings. The Labute approximate surface area is 185 Å². The third-order valence-electron chi connectivity index (χ3n) is 6.11. The average molecular weight is 423 g/mol. The van der Waals surface area contributed by atoms with Crippen molar-refractivity contribution >= 4 is 22.6 Å². The molecule has 5 nitrogen and oxygen atoms in total. The lowest BCUT2D eigenvalue weighted by Gasteiger charge is -2.26. The molecule has 0 bridgehead atoms. The molecule has 0 fully saturated rings. The van der Waals surface area contributed by atoms with Crippen molar-refractivity contribution < 1.29 is 19.8 Å². The van der Waals surface area contributed by atoms with Gasteiger partial charge in [-0.25, -0.2) is 4.79 Å². The van der Waals surface area contributed by atoms with E-state index in [1.807, 2.05) is 66.7 Å².